The molecule has 0 N–H and O–H groups in total. The molecule has 5 rings (SSSR count). The van der Waals surface area contributed by atoms with E-state index in [4.69, 9.17) is 4.74 Å². The Bertz CT molecular complexity index is 1270. The standard InChI is InChI=1S/C35H38N2O/c1-5-28-12-14-29(15-13-28)36(33-10-6-8-26(2)24-33)30-16-18-31(19-17-30)37(34-11-7-9-27(3)25-34)32-20-22-35(38-4)23-21-32/h6-12,14-22,24-25,28,35H,5,13,23H2,1-4H3. The lowest BCUT2D eigenvalue weighted by Gasteiger charge is -2.31. The van der Waals surface area contributed by atoms with Crippen molar-refractivity contribution in [3.8, 4) is 0 Å². The van der Waals surface area contributed by atoms with Crippen molar-refractivity contribution in [2.75, 3.05) is 16.9 Å². The summed E-state index contributed by atoms with van der Waals surface area (Å²) in [5.74, 6) is 0.623. The highest BCUT2D eigenvalue weighted by atomic mass is 16.5. The highest BCUT2D eigenvalue weighted by molar-refractivity contribution is 5.76. The molecule has 0 fully saturated rings. The van der Waals surface area contributed by atoms with E-state index in [0.717, 1.165) is 35.6 Å². The van der Waals surface area contributed by atoms with Gasteiger partial charge in [0.25, 0.3) is 0 Å². The van der Waals surface area contributed by atoms with Crippen LogP contribution in [-0.4, -0.2) is 13.2 Å². The van der Waals surface area contributed by atoms with E-state index < -0.39 is 0 Å². The maximum absolute atomic E-state index is 5.55. The topological polar surface area (TPSA) is 15.7 Å². The number of nitrogens with zero attached hydrogens (tertiary/aromatic N) is 2. The van der Waals surface area contributed by atoms with Crippen LogP contribution in [0.5, 0.6) is 0 Å². The molecular weight excluding hydrogens is 464 g/mol. The van der Waals surface area contributed by atoms with Crippen LogP contribution in [0, 0.1) is 19.8 Å². The van der Waals surface area contributed by atoms with Gasteiger partial charge >= 0.3 is 0 Å². The Morgan fingerprint density at radius 2 is 1.21 bits per heavy atom. The normalized spacial score (nSPS) is 18.6. The molecule has 3 aromatic carbocycles. The maximum atomic E-state index is 5.55. The summed E-state index contributed by atoms with van der Waals surface area (Å²) in [6, 6.07) is 26.4. The van der Waals surface area contributed by atoms with E-state index in [9.17, 15) is 0 Å². The van der Waals surface area contributed by atoms with E-state index in [2.05, 4.69) is 140 Å². The fraction of sp³-hybridized carbons (Fsp3) is 0.257. The van der Waals surface area contributed by atoms with Gasteiger partial charge in [-0.3, -0.25) is 0 Å². The largest absolute Gasteiger partial charge is 0.377 e. The number of anilines is 4. The molecule has 2 atom stereocenters. The van der Waals surface area contributed by atoms with Gasteiger partial charge < -0.3 is 14.5 Å². The van der Waals surface area contributed by atoms with Gasteiger partial charge in [0.1, 0.15) is 0 Å². The molecule has 0 aromatic heterocycles. The number of rotatable bonds is 8. The highest BCUT2D eigenvalue weighted by Crippen LogP contribution is 2.37. The van der Waals surface area contributed by atoms with Crippen molar-refractivity contribution in [2.24, 2.45) is 5.92 Å². The first-order valence-electron chi connectivity index (χ1n) is 13.7. The number of ether oxygens (including phenoxy) is 1. The third-order valence-corrected chi connectivity index (χ3v) is 7.44. The number of methoxy groups -OCH3 is 1. The monoisotopic (exact) mass is 502 g/mol. The summed E-state index contributed by atoms with van der Waals surface area (Å²) in [5.41, 5.74) is 9.52. The van der Waals surface area contributed by atoms with E-state index in [1.54, 1.807) is 7.11 Å². The average Bonchev–Trinajstić information content (AvgIpc) is 2.95. The molecular formula is C35H38N2O. The quantitative estimate of drug-likeness (QED) is 0.305. The molecule has 0 saturated carbocycles. The summed E-state index contributed by atoms with van der Waals surface area (Å²) in [6.45, 7) is 6.56. The third-order valence-electron chi connectivity index (χ3n) is 7.44. The van der Waals surface area contributed by atoms with Crippen LogP contribution in [-0.2, 0) is 4.74 Å². The molecule has 0 radical (unpaired) electrons. The summed E-state index contributed by atoms with van der Waals surface area (Å²) in [4.78, 5) is 4.71. The lowest BCUT2D eigenvalue weighted by molar-refractivity contribution is 0.142. The van der Waals surface area contributed by atoms with E-state index >= 15 is 0 Å². The molecule has 0 amide bonds. The van der Waals surface area contributed by atoms with Gasteiger partial charge in [0.15, 0.2) is 0 Å². The Hall–Kier alpha value is -3.82. The van der Waals surface area contributed by atoms with Crippen molar-refractivity contribution in [1.29, 1.82) is 0 Å². The van der Waals surface area contributed by atoms with Crippen molar-refractivity contribution in [2.45, 2.75) is 46.1 Å². The van der Waals surface area contributed by atoms with Gasteiger partial charge in [-0.25, -0.2) is 0 Å². The Balaban J connectivity index is 1.53. The van der Waals surface area contributed by atoms with Gasteiger partial charge in [-0.15, -0.1) is 0 Å². The average molecular weight is 503 g/mol. The van der Waals surface area contributed by atoms with Gasteiger partial charge in [-0.1, -0.05) is 55.5 Å². The van der Waals surface area contributed by atoms with Crippen molar-refractivity contribution >= 4 is 22.7 Å². The SMILES string of the molecule is CCC1C=CC(N(c2ccc(N(C3=CCC(OC)C=C3)c3cccc(C)c3)cc2)c2cccc(C)c2)=CC1. The second-order valence-electron chi connectivity index (χ2n) is 10.3. The Labute approximate surface area is 228 Å². The third kappa shape index (κ3) is 5.69. The molecule has 0 aliphatic heterocycles. The summed E-state index contributed by atoms with van der Waals surface area (Å²) in [5, 5.41) is 0. The van der Waals surface area contributed by atoms with Crippen LogP contribution in [0.3, 0.4) is 0 Å². The van der Waals surface area contributed by atoms with Crippen molar-refractivity contribution < 1.29 is 4.74 Å². The van der Waals surface area contributed by atoms with Crippen molar-refractivity contribution in [3.63, 3.8) is 0 Å². The maximum Gasteiger partial charge on any atom is 0.0791 e. The molecule has 2 unspecified atom stereocenters. The van der Waals surface area contributed by atoms with Gasteiger partial charge in [0.2, 0.25) is 0 Å². The summed E-state index contributed by atoms with van der Waals surface area (Å²) < 4.78 is 5.55. The molecule has 3 nitrogen and oxygen atoms in total. The van der Waals surface area contributed by atoms with E-state index in [0.29, 0.717) is 5.92 Å². The summed E-state index contributed by atoms with van der Waals surface area (Å²) in [7, 11) is 1.77. The van der Waals surface area contributed by atoms with Gasteiger partial charge in [0.05, 0.1) is 6.10 Å². The first kappa shape index (κ1) is 25.8. The van der Waals surface area contributed by atoms with E-state index in [1.807, 2.05) is 0 Å². The number of hydrogen-bond acceptors (Lipinski definition) is 3. The Morgan fingerprint density at radius 3 is 1.61 bits per heavy atom. The van der Waals surface area contributed by atoms with Crippen LogP contribution in [0.2, 0.25) is 0 Å². The van der Waals surface area contributed by atoms with Crippen LogP contribution in [0.25, 0.3) is 0 Å². The molecule has 2 aliphatic carbocycles. The van der Waals surface area contributed by atoms with Crippen LogP contribution >= 0.6 is 0 Å². The zero-order valence-electron chi connectivity index (χ0n) is 23.0. The predicted octanol–water partition coefficient (Wildman–Crippen LogP) is 9.31. The lowest BCUT2D eigenvalue weighted by Crippen LogP contribution is -2.20. The first-order valence-corrected chi connectivity index (χ1v) is 13.7. The number of aryl methyl sites for hydroxylation is 2. The lowest BCUT2D eigenvalue weighted by atomic mass is 9.96. The molecule has 3 aromatic rings. The van der Waals surface area contributed by atoms with Crippen molar-refractivity contribution in [3.05, 3.63) is 132 Å². The van der Waals surface area contributed by atoms with E-state index in [-0.39, 0.29) is 6.10 Å². The molecule has 0 spiro atoms. The first-order chi connectivity index (χ1) is 18.6. The van der Waals surface area contributed by atoms with Crippen LogP contribution in [0.4, 0.5) is 22.7 Å². The van der Waals surface area contributed by atoms with Gasteiger partial charge in [0, 0.05) is 41.3 Å². The molecule has 0 heterocycles. The number of allylic oxidation sites excluding steroid dienone is 4. The molecule has 2 aliphatic rings. The molecule has 3 heteroatoms. The van der Waals surface area contributed by atoms with Gasteiger partial charge in [-0.2, -0.15) is 0 Å². The second kappa shape index (κ2) is 11.7. The summed E-state index contributed by atoms with van der Waals surface area (Å²) >= 11 is 0. The van der Waals surface area contributed by atoms with Crippen LogP contribution in [0.15, 0.2) is 121 Å². The Kier molecular flexibility index (Phi) is 7.95. The minimum atomic E-state index is 0.132. The van der Waals surface area contributed by atoms with Crippen LogP contribution < -0.4 is 9.80 Å². The molecule has 38 heavy (non-hydrogen) atoms. The summed E-state index contributed by atoms with van der Waals surface area (Å²) in [6.07, 6.45) is 16.9. The zero-order valence-corrected chi connectivity index (χ0v) is 23.0. The predicted molar refractivity (Wildman–Crippen MR) is 161 cm³/mol. The fourth-order valence-electron chi connectivity index (χ4n) is 5.23. The smallest absolute Gasteiger partial charge is 0.0791 e. The molecule has 0 bridgehead atoms. The highest BCUT2D eigenvalue weighted by Gasteiger charge is 2.20. The van der Waals surface area contributed by atoms with E-state index in [1.165, 1.54) is 28.9 Å². The Morgan fingerprint density at radius 1 is 0.684 bits per heavy atom. The van der Waals surface area contributed by atoms with Crippen LogP contribution in [0.1, 0.15) is 37.3 Å². The molecule has 194 valence electrons. The minimum absolute atomic E-state index is 0.132. The fourth-order valence-corrected chi connectivity index (χ4v) is 5.23. The minimum Gasteiger partial charge on any atom is -0.377 e. The van der Waals surface area contributed by atoms with Crippen molar-refractivity contribution in [1.82, 2.24) is 0 Å². The second-order valence-corrected chi connectivity index (χ2v) is 10.3. The number of benzene rings is 3. The number of hydrogen-bond donors (Lipinski definition) is 0. The zero-order chi connectivity index (χ0) is 26.5. The van der Waals surface area contributed by atoms with Gasteiger partial charge in [-0.05, 0) is 111 Å². The molecule has 0 saturated heterocycles.